The highest BCUT2D eigenvalue weighted by Crippen LogP contribution is 2.11. The van der Waals surface area contributed by atoms with Gasteiger partial charge in [-0.1, -0.05) is 50.8 Å². The molecule has 0 N–H and O–H groups in total. The highest BCUT2D eigenvalue weighted by Gasteiger charge is 2.36. The van der Waals surface area contributed by atoms with Gasteiger partial charge in [-0.3, -0.25) is 19.2 Å². The van der Waals surface area contributed by atoms with Crippen LogP contribution in [0.2, 0.25) is 0 Å². The molecule has 0 amide bonds. The fourth-order valence-corrected chi connectivity index (χ4v) is 5.60. The summed E-state index contributed by atoms with van der Waals surface area (Å²) in [6.45, 7) is 4.49. The van der Waals surface area contributed by atoms with Gasteiger partial charge in [0.05, 0.1) is 11.5 Å². The number of unbranched alkanes of at least 4 members (excludes halogenated alkanes) is 2. The predicted octanol–water partition coefficient (Wildman–Crippen LogP) is 1.17. The Morgan fingerprint density at radius 2 is 0.912 bits per heavy atom. The van der Waals surface area contributed by atoms with E-state index in [2.05, 4.69) is 10.3 Å². The topological polar surface area (TPSA) is 180 Å². The van der Waals surface area contributed by atoms with Crippen molar-refractivity contribution in [1.29, 1.82) is 0 Å². The maximum atomic E-state index is 12.9. The van der Waals surface area contributed by atoms with Gasteiger partial charge in [0.15, 0.2) is 13.2 Å². The van der Waals surface area contributed by atoms with Gasteiger partial charge in [-0.25, -0.2) is 16.8 Å². The molecule has 0 aromatic carbocycles. The molecule has 0 aliphatic carbocycles. The summed E-state index contributed by atoms with van der Waals surface area (Å²) >= 11 is 0. The zero-order chi connectivity index (χ0) is 26.4. The Labute approximate surface area is 199 Å². The van der Waals surface area contributed by atoms with Gasteiger partial charge in [0, 0.05) is 12.8 Å². The molecular formula is C20H32N2O10S2. The van der Waals surface area contributed by atoms with Gasteiger partial charge in [0.25, 0.3) is 0 Å². The molecule has 0 saturated carbocycles. The van der Waals surface area contributed by atoms with Crippen LogP contribution in [0.3, 0.4) is 0 Å². The lowest BCUT2D eigenvalue weighted by atomic mass is 10.2. The molecule has 14 heteroatoms. The van der Waals surface area contributed by atoms with Crippen LogP contribution in [0, 0.1) is 0 Å². The van der Waals surface area contributed by atoms with Crippen molar-refractivity contribution >= 4 is 52.9 Å². The van der Waals surface area contributed by atoms with E-state index in [0.29, 0.717) is 12.8 Å². The number of ketones is 4. The summed E-state index contributed by atoms with van der Waals surface area (Å²) in [6, 6.07) is 0. The summed E-state index contributed by atoms with van der Waals surface area (Å²) in [5.41, 5.74) is 0. The number of hydrogen-bond donors (Lipinski definition) is 0. The van der Waals surface area contributed by atoms with Gasteiger partial charge in [-0.05, 0) is 12.8 Å². The lowest BCUT2D eigenvalue weighted by Gasteiger charge is -2.11. The molecule has 0 unspecified atom stereocenters. The van der Waals surface area contributed by atoms with Crippen molar-refractivity contribution in [2.45, 2.75) is 66.2 Å². The predicted molar refractivity (Wildman–Crippen MR) is 125 cm³/mol. The summed E-state index contributed by atoms with van der Waals surface area (Å²) < 4.78 is 51.5. The Bertz CT molecular complexity index is 930. The van der Waals surface area contributed by atoms with Crippen molar-refractivity contribution in [2.24, 2.45) is 10.3 Å². The third-order valence-electron chi connectivity index (χ3n) is 4.26. The van der Waals surface area contributed by atoms with Crippen LogP contribution in [-0.2, 0) is 48.5 Å². The van der Waals surface area contributed by atoms with Crippen LogP contribution in [-0.4, -0.2) is 74.8 Å². The van der Waals surface area contributed by atoms with Crippen LogP contribution in [0.25, 0.3) is 0 Å². The number of hydrogen-bond acceptors (Lipinski definition) is 12. The Balaban J connectivity index is 6.39. The van der Waals surface area contributed by atoms with Crippen molar-refractivity contribution in [3.05, 3.63) is 0 Å². The van der Waals surface area contributed by atoms with Crippen LogP contribution >= 0.6 is 0 Å². The number of carbonyl (C=O) groups is 4. The van der Waals surface area contributed by atoms with Gasteiger partial charge in [-0.15, -0.1) is 0 Å². The number of oxime groups is 2. The first-order valence-electron chi connectivity index (χ1n) is 10.9. The molecule has 0 bridgehead atoms. The van der Waals surface area contributed by atoms with Gasteiger partial charge in [-0.2, -0.15) is 0 Å². The van der Waals surface area contributed by atoms with Gasteiger partial charge in [0.1, 0.15) is 0 Å². The summed E-state index contributed by atoms with van der Waals surface area (Å²) in [6.07, 6.45) is 1.00. The Kier molecular flexibility index (Phi) is 14.3. The standard InChI is InChI=1S/C20H32N2O10S2/c1-5-9-11-33(27,28)19(21-31-13-17(25)15(23)7-3)20(34(29,30)12-10-6-2)22-32-14-18(26)16(24)8-4/h5-14H2,1-4H3/b21-19-,22-20-. The second-order valence-electron chi connectivity index (χ2n) is 7.08. The second kappa shape index (κ2) is 15.4. The Morgan fingerprint density at radius 1 is 0.588 bits per heavy atom. The molecule has 0 rings (SSSR count). The summed E-state index contributed by atoms with van der Waals surface area (Å²) in [5, 5.41) is 4.47. The molecule has 0 saturated heterocycles. The van der Waals surface area contributed by atoms with Crippen LogP contribution in [0.15, 0.2) is 10.3 Å². The molecule has 0 radical (unpaired) electrons. The third-order valence-corrected chi connectivity index (χ3v) is 7.75. The van der Waals surface area contributed by atoms with E-state index >= 15 is 0 Å². The average Bonchev–Trinajstić information content (AvgIpc) is 2.80. The molecule has 0 spiro atoms. The molecular weight excluding hydrogens is 492 g/mol. The van der Waals surface area contributed by atoms with E-state index in [0.717, 1.165) is 0 Å². The van der Waals surface area contributed by atoms with E-state index in [-0.39, 0.29) is 25.7 Å². The van der Waals surface area contributed by atoms with Gasteiger partial charge in [0.2, 0.25) is 52.9 Å². The average molecular weight is 525 g/mol. The SMILES string of the molecule is CCCCS(=O)(=O)C(=N\OCC(=O)C(=O)CC)/C(=N/OCC(=O)C(=O)CC)S(=O)(=O)CCCC. The van der Waals surface area contributed by atoms with E-state index in [4.69, 9.17) is 9.68 Å². The molecule has 0 aliphatic rings. The zero-order valence-corrected chi connectivity index (χ0v) is 21.5. The van der Waals surface area contributed by atoms with E-state index < -0.39 is 77.6 Å². The smallest absolute Gasteiger partial charge is 0.238 e. The van der Waals surface area contributed by atoms with Crippen molar-refractivity contribution in [1.82, 2.24) is 0 Å². The van der Waals surface area contributed by atoms with Gasteiger partial charge < -0.3 is 9.68 Å². The quantitative estimate of drug-likeness (QED) is 0.123. The minimum Gasteiger partial charge on any atom is -0.386 e. The molecule has 194 valence electrons. The number of Topliss-reactive ketones (excluding diaryl/α,β-unsaturated/α-hetero) is 4. The maximum absolute atomic E-state index is 12.9. The lowest BCUT2D eigenvalue weighted by Crippen LogP contribution is -2.35. The first-order valence-corrected chi connectivity index (χ1v) is 14.2. The number of carbonyl (C=O) groups excluding carboxylic acids is 4. The highest BCUT2D eigenvalue weighted by atomic mass is 32.2. The summed E-state index contributed by atoms with van der Waals surface area (Å²) in [4.78, 5) is 55.7. The molecule has 0 aromatic heterocycles. The Hall–Kier alpha value is -2.48. The van der Waals surface area contributed by atoms with E-state index in [9.17, 15) is 36.0 Å². The number of rotatable bonds is 16. The van der Waals surface area contributed by atoms with Crippen molar-refractivity contribution in [3.63, 3.8) is 0 Å². The monoisotopic (exact) mass is 524 g/mol. The highest BCUT2D eigenvalue weighted by molar-refractivity contribution is 8.18. The van der Waals surface area contributed by atoms with E-state index in [1.807, 2.05) is 0 Å². The molecule has 0 aliphatic heterocycles. The first-order chi connectivity index (χ1) is 15.9. The van der Waals surface area contributed by atoms with Crippen LogP contribution in [0.5, 0.6) is 0 Å². The maximum Gasteiger partial charge on any atom is 0.238 e. The first kappa shape index (κ1) is 31.5. The lowest BCUT2D eigenvalue weighted by molar-refractivity contribution is -0.139. The third kappa shape index (κ3) is 10.6. The zero-order valence-electron chi connectivity index (χ0n) is 19.9. The minimum atomic E-state index is -4.40. The van der Waals surface area contributed by atoms with E-state index in [1.54, 1.807) is 13.8 Å². The van der Waals surface area contributed by atoms with E-state index in [1.165, 1.54) is 13.8 Å². The summed E-state index contributed by atoms with van der Waals surface area (Å²) in [5.74, 6) is -4.55. The fraction of sp³-hybridized carbons (Fsp3) is 0.700. The van der Waals surface area contributed by atoms with Crippen molar-refractivity contribution in [3.8, 4) is 0 Å². The van der Waals surface area contributed by atoms with Crippen LogP contribution < -0.4 is 0 Å². The molecule has 0 heterocycles. The number of sulfone groups is 2. The molecule has 0 aromatic rings. The van der Waals surface area contributed by atoms with Crippen LogP contribution in [0.1, 0.15) is 66.2 Å². The normalized spacial score (nSPS) is 12.8. The fourth-order valence-electron chi connectivity index (χ4n) is 2.17. The molecule has 12 nitrogen and oxygen atoms in total. The molecule has 0 fully saturated rings. The summed E-state index contributed by atoms with van der Waals surface area (Å²) in [7, 11) is -8.80. The van der Waals surface area contributed by atoms with Crippen molar-refractivity contribution in [2.75, 3.05) is 24.7 Å². The van der Waals surface area contributed by atoms with Crippen molar-refractivity contribution < 1.29 is 45.7 Å². The van der Waals surface area contributed by atoms with Gasteiger partial charge >= 0.3 is 0 Å². The Morgan fingerprint density at radius 3 is 1.18 bits per heavy atom. The molecule has 34 heavy (non-hydrogen) atoms. The minimum absolute atomic E-state index is 0.107. The van der Waals surface area contributed by atoms with Crippen LogP contribution in [0.4, 0.5) is 0 Å². The second-order valence-corrected chi connectivity index (χ2v) is 11.1. The number of nitrogens with zero attached hydrogens (tertiary/aromatic N) is 2. The largest absolute Gasteiger partial charge is 0.386 e. The molecule has 0 atom stereocenters.